The summed E-state index contributed by atoms with van der Waals surface area (Å²) in [5, 5.41) is 10.1. The molecule has 0 unspecified atom stereocenters. The second-order valence-corrected chi connectivity index (χ2v) is 6.84. The van der Waals surface area contributed by atoms with E-state index < -0.39 is 16.0 Å². The van der Waals surface area contributed by atoms with Crippen molar-refractivity contribution in [3.8, 4) is 0 Å². The van der Waals surface area contributed by atoms with E-state index >= 15 is 0 Å². The second-order valence-electron chi connectivity index (χ2n) is 4.62. The molecule has 7 heteroatoms. The van der Waals surface area contributed by atoms with Crippen LogP contribution in [0.25, 0.3) is 10.9 Å². The molecule has 0 fully saturated rings. The SMILES string of the molecule is O=C(O)c1cc2ccc(Cl)cc2n1S(=O)(=O)c1ccccc1. The van der Waals surface area contributed by atoms with Crippen molar-refractivity contribution in [1.82, 2.24) is 3.97 Å². The van der Waals surface area contributed by atoms with E-state index in [1.165, 1.54) is 24.3 Å². The lowest BCUT2D eigenvalue weighted by molar-refractivity contribution is 0.0689. The van der Waals surface area contributed by atoms with Gasteiger partial charge in [0.1, 0.15) is 5.69 Å². The molecule has 3 rings (SSSR count). The standard InChI is InChI=1S/C15H10ClNO4S/c16-11-7-6-10-8-14(15(18)19)17(13(10)9-11)22(20,21)12-4-2-1-3-5-12/h1-9H,(H,18,19). The lowest BCUT2D eigenvalue weighted by Gasteiger charge is -2.10. The number of carboxylic acids is 1. The molecule has 0 atom stereocenters. The maximum atomic E-state index is 12.8. The third kappa shape index (κ3) is 2.26. The van der Waals surface area contributed by atoms with E-state index in [1.54, 1.807) is 30.3 Å². The summed E-state index contributed by atoms with van der Waals surface area (Å²) in [5.74, 6) is -1.33. The molecule has 1 aromatic heterocycles. The van der Waals surface area contributed by atoms with Crippen molar-refractivity contribution >= 4 is 38.5 Å². The number of aromatic nitrogens is 1. The highest BCUT2D eigenvalue weighted by Gasteiger charge is 2.26. The number of fused-ring (bicyclic) bond motifs is 1. The molecule has 0 aliphatic carbocycles. The molecule has 0 bridgehead atoms. The number of halogens is 1. The molecule has 112 valence electrons. The highest BCUT2D eigenvalue weighted by molar-refractivity contribution is 7.90. The number of benzene rings is 2. The molecule has 0 saturated heterocycles. The Balaban J connectivity index is 2.41. The summed E-state index contributed by atoms with van der Waals surface area (Å²) in [7, 11) is -4.04. The minimum atomic E-state index is -4.04. The Morgan fingerprint density at radius 2 is 1.73 bits per heavy atom. The van der Waals surface area contributed by atoms with Gasteiger partial charge in [0, 0.05) is 10.4 Å². The third-order valence-corrected chi connectivity index (χ3v) is 5.20. The van der Waals surface area contributed by atoms with Crippen molar-refractivity contribution in [3.63, 3.8) is 0 Å². The highest BCUT2D eigenvalue weighted by Crippen LogP contribution is 2.28. The van der Waals surface area contributed by atoms with Gasteiger partial charge in [-0.25, -0.2) is 17.2 Å². The Morgan fingerprint density at radius 3 is 2.36 bits per heavy atom. The number of hydrogen-bond acceptors (Lipinski definition) is 3. The van der Waals surface area contributed by atoms with Crippen LogP contribution >= 0.6 is 11.6 Å². The summed E-state index contributed by atoms with van der Waals surface area (Å²) < 4.78 is 26.4. The van der Waals surface area contributed by atoms with Crippen LogP contribution in [0.3, 0.4) is 0 Å². The first-order chi connectivity index (χ1) is 10.4. The van der Waals surface area contributed by atoms with Gasteiger partial charge in [-0.2, -0.15) is 0 Å². The number of rotatable bonds is 3. The number of carboxylic acid groups (broad SMARTS) is 1. The zero-order chi connectivity index (χ0) is 15.9. The Hall–Kier alpha value is -2.31. The summed E-state index contributed by atoms with van der Waals surface area (Å²) in [4.78, 5) is 11.4. The number of carbonyl (C=O) groups is 1. The fraction of sp³-hybridized carbons (Fsp3) is 0. The lowest BCUT2D eigenvalue weighted by atomic mass is 10.2. The van der Waals surface area contributed by atoms with Crippen LogP contribution in [-0.2, 0) is 10.0 Å². The highest BCUT2D eigenvalue weighted by atomic mass is 35.5. The fourth-order valence-electron chi connectivity index (χ4n) is 2.26. The molecule has 0 aliphatic heterocycles. The Morgan fingerprint density at radius 1 is 1.05 bits per heavy atom. The number of aromatic carboxylic acids is 1. The Bertz CT molecular complexity index is 977. The van der Waals surface area contributed by atoms with Crippen LogP contribution in [0.2, 0.25) is 5.02 Å². The van der Waals surface area contributed by atoms with Crippen LogP contribution in [0.4, 0.5) is 0 Å². The molecular weight excluding hydrogens is 326 g/mol. The van der Waals surface area contributed by atoms with Crippen LogP contribution in [0.5, 0.6) is 0 Å². The quantitative estimate of drug-likeness (QED) is 0.797. The minimum absolute atomic E-state index is 0.00924. The zero-order valence-electron chi connectivity index (χ0n) is 11.1. The van der Waals surface area contributed by atoms with Crippen molar-refractivity contribution in [2.75, 3.05) is 0 Å². The van der Waals surface area contributed by atoms with Gasteiger partial charge in [0.25, 0.3) is 10.0 Å². The smallest absolute Gasteiger partial charge is 0.353 e. The predicted molar refractivity (Wildman–Crippen MR) is 82.9 cm³/mol. The first-order valence-electron chi connectivity index (χ1n) is 6.26. The largest absolute Gasteiger partial charge is 0.477 e. The van der Waals surface area contributed by atoms with E-state index in [-0.39, 0.29) is 16.1 Å². The summed E-state index contributed by atoms with van der Waals surface area (Å²) in [5.41, 5.74) is -0.102. The van der Waals surface area contributed by atoms with E-state index in [0.717, 1.165) is 3.97 Å². The van der Waals surface area contributed by atoms with E-state index in [2.05, 4.69) is 0 Å². The van der Waals surface area contributed by atoms with Gasteiger partial charge in [0.05, 0.1) is 10.4 Å². The summed E-state index contributed by atoms with van der Waals surface area (Å²) in [6, 6.07) is 13.6. The van der Waals surface area contributed by atoms with Crippen LogP contribution in [0.15, 0.2) is 59.5 Å². The third-order valence-electron chi connectivity index (χ3n) is 3.22. The average molecular weight is 336 g/mol. The maximum absolute atomic E-state index is 12.8. The molecule has 1 N–H and O–H groups in total. The average Bonchev–Trinajstić information content (AvgIpc) is 2.87. The normalized spacial score (nSPS) is 11.7. The van der Waals surface area contributed by atoms with Gasteiger partial charge in [-0.05, 0) is 30.3 Å². The van der Waals surface area contributed by atoms with Gasteiger partial charge in [0.15, 0.2) is 0 Å². The Labute approximate surface area is 131 Å². The molecule has 0 aliphatic rings. The van der Waals surface area contributed by atoms with Crippen molar-refractivity contribution in [2.45, 2.75) is 4.90 Å². The molecule has 2 aromatic carbocycles. The maximum Gasteiger partial charge on any atom is 0.353 e. The van der Waals surface area contributed by atoms with Gasteiger partial charge in [-0.15, -0.1) is 0 Å². The van der Waals surface area contributed by atoms with Crippen LogP contribution in [-0.4, -0.2) is 23.5 Å². The van der Waals surface area contributed by atoms with E-state index in [4.69, 9.17) is 11.6 Å². The van der Waals surface area contributed by atoms with Crippen molar-refractivity contribution in [1.29, 1.82) is 0 Å². The first-order valence-corrected chi connectivity index (χ1v) is 8.08. The number of hydrogen-bond donors (Lipinski definition) is 1. The zero-order valence-corrected chi connectivity index (χ0v) is 12.7. The Kier molecular flexibility index (Phi) is 3.42. The van der Waals surface area contributed by atoms with E-state index in [9.17, 15) is 18.3 Å². The summed E-state index contributed by atoms with van der Waals surface area (Å²) in [6.45, 7) is 0. The van der Waals surface area contributed by atoms with Gasteiger partial charge >= 0.3 is 5.97 Å². The van der Waals surface area contributed by atoms with Crippen LogP contribution < -0.4 is 0 Å². The molecule has 0 spiro atoms. The summed E-state index contributed by atoms with van der Waals surface area (Å²) in [6.07, 6.45) is 0. The van der Waals surface area contributed by atoms with E-state index in [0.29, 0.717) is 10.4 Å². The van der Waals surface area contributed by atoms with Gasteiger partial charge in [-0.1, -0.05) is 35.9 Å². The molecule has 22 heavy (non-hydrogen) atoms. The van der Waals surface area contributed by atoms with Gasteiger partial charge in [-0.3, -0.25) is 0 Å². The molecular formula is C15H10ClNO4S. The van der Waals surface area contributed by atoms with Crippen molar-refractivity contribution in [3.05, 3.63) is 65.3 Å². The molecule has 0 amide bonds. The molecule has 0 saturated carbocycles. The monoisotopic (exact) mass is 335 g/mol. The number of nitrogens with zero attached hydrogens (tertiary/aromatic N) is 1. The van der Waals surface area contributed by atoms with E-state index in [1.807, 2.05) is 0 Å². The lowest BCUT2D eigenvalue weighted by Crippen LogP contribution is -2.18. The molecule has 1 heterocycles. The molecule has 0 radical (unpaired) electrons. The van der Waals surface area contributed by atoms with Crippen LogP contribution in [0, 0.1) is 0 Å². The minimum Gasteiger partial charge on any atom is -0.477 e. The second kappa shape index (κ2) is 5.15. The summed E-state index contributed by atoms with van der Waals surface area (Å²) >= 11 is 5.92. The van der Waals surface area contributed by atoms with Gasteiger partial charge < -0.3 is 5.11 Å². The van der Waals surface area contributed by atoms with Crippen LogP contribution in [0.1, 0.15) is 10.5 Å². The van der Waals surface area contributed by atoms with Gasteiger partial charge in [0.2, 0.25) is 0 Å². The molecule has 3 aromatic rings. The molecule has 5 nitrogen and oxygen atoms in total. The fourth-order valence-corrected chi connectivity index (χ4v) is 3.94. The van der Waals surface area contributed by atoms with Crippen molar-refractivity contribution < 1.29 is 18.3 Å². The first kappa shape index (κ1) is 14.6. The topological polar surface area (TPSA) is 76.4 Å². The van der Waals surface area contributed by atoms with Crippen molar-refractivity contribution in [2.24, 2.45) is 0 Å². The predicted octanol–water partition coefficient (Wildman–Crippen LogP) is 3.23.